The van der Waals surface area contributed by atoms with Gasteiger partial charge in [-0.15, -0.1) is 0 Å². The number of carboxylic acid groups (broad SMARTS) is 1. The second-order valence-electron chi connectivity index (χ2n) is 5.99. The number of carbonyl (C=O) groups is 2. The van der Waals surface area contributed by atoms with Crippen LogP contribution in [0, 0.1) is 17.8 Å². The third kappa shape index (κ3) is 3.05. The van der Waals surface area contributed by atoms with Gasteiger partial charge in [-0.25, -0.2) is 0 Å². The van der Waals surface area contributed by atoms with Crippen LogP contribution in [-0.2, 0) is 9.59 Å². The summed E-state index contributed by atoms with van der Waals surface area (Å²) in [5, 5.41) is 12.6. The van der Waals surface area contributed by atoms with E-state index in [9.17, 15) is 9.59 Å². The summed E-state index contributed by atoms with van der Waals surface area (Å²) >= 11 is 5.85. The third-order valence-corrected chi connectivity index (χ3v) is 4.93. The molecular weight excluding hydrogens is 290 g/mol. The summed E-state index contributed by atoms with van der Waals surface area (Å²) < 4.78 is 0. The molecule has 21 heavy (non-hydrogen) atoms. The fourth-order valence-corrected chi connectivity index (χ4v) is 3.73. The highest BCUT2D eigenvalue weighted by atomic mass is 35.5. The molecule has 0 aliphatic heterocycles. The van der Waals surface area contributed by atoms with E-state index in [-0.39, 0.29) is 18.2 Å². The van der Waals surface area contributed by atoms with Gasteiger partial charge in [-0.2, -0.15) is 0 Å². The van der Waals surface area contributed by atoms with E-state index in [0.29, 0.717) is 16.9 Å². The molecule has 2 aliphatic carbocycles. The smallest absolute Gasteiger partial charge is 0.305 e. The Hall–Kier alpha value is -1.55. The van der Waals surface area contributed by atoms with E-state index in [2.05, 4.69) is 5.32 Å². The van der Waals surface area contributed by atoms with Gasteiger partial charge in [0.1, 0.15) is 0 Å². The van der Waals surface area contributed by atoms with Gasteiger partial charge in [0.15, 0.2) is 0 Å². The predicted molar refractivity (Wildman–Crippen MR) is 78.9 cm³/mol. The molecule has 2 saturated carbocycles. The van der Waals surface area contributed by atoms with Crippen molar-refractivity contribution < 1.29 is 14.7 Å². The number of hydrogen-bond donors (Lipinski definition) is 2. The maximum atomic E-state index is 12.3. The lowest BCUT2D eigenvalue weighted by atomic mass is 10.0. The number of benzene rings is 1. The minimum Gasteiger partial charge on any atom is -0.481 e. The molecule has 0 heterocycles. The Morgan fingerprint density at radius 3 is 2.43 bits per heavy atom. The highest BCUT2D eigenvalue weighted by Crippen LogP contribution is 2.57. The Morgan fingerprint density at radius 2 is 1.86 bits per heavy atom. The van der Waals surface area contributed by atoms with Crippen LogP contribution in [0.2, 0.25) is 5.02 Å². The van der Waals surface area contributed by atoms with Crippen LogP contribution in [0.5, 0.6) is 0 Å². The zero-order valence-corrected chi connectivity index (χ0v) is 12.3. The van der Waals surface area contributed by atoms with Crippen molar-refractivity contribution >= 4 is 23.5 Å². The second kappa shape index (κ2) is 5.68. The summed E-state index contributed by atoms with van der Waals surface area (Å²) in [5.74, 6) is 0.237. The third-order valence-electron chi connectivity index (χ3n) is 4.68. The van der Waals surface area contributed by atoms with Gasteiger partial charge < -0.3 is 10.4 Å². The number of carboxylic acids is 1. The monoisotopic (exact) mass is 307 g/mol. The topological polar surface area (TPSA) is 66.4 Å². The SMILES string of the molecule is O=C(O)C[C@H](NC(=O)C1C2CCCC21)c1ccc(Cl)cc1. The number of amides is 1. The van der Waals surface area contributed by atoms with Crippen LogP contribution in [-0.4, -0.2) is 17.0 Å². The fraction of sp³-hybridized carbons (Fsp3) is 0.500. The quantitative estimate of drug-likeness (QED) is 0.878. The molecule has 0 spiro atoms. The molecule has 0 aromatic heterocycles. The Bertz CT molecular complexity index is 547. The van der Waals surface area contributed by atoms with Gasteiger partial charge in [0.25, 0.3) is 0 Å². The van der Waals surface area contributed by atoms with Crippen LogP contribution in [0.1, 0.15) is 37.3 Å². The van der Waals surface area contributed by atoms with E-state index in [1.165, 1.54) is 6.42 Å². The summed E-state index contributed by atoms with van der Waals surface area (Å²) in [7, 11) is 0. The minimum atomic E-state index is -0.925. The number of halogens is 1. The molecule has 2 unspecified atom stereocenters. The lowest BCUT2D eigenvalue weighted by Crippen LogP contribution is -2.32. The van der Waals surface area contributed by atoms with Crippen LogP contribution in [0.15, 0.2) is 24.3 Å². The molecule has 1 amide bonds. The number of fused-ring (bicyclic) bond motifs is 1. The standard InChI is InChI=1S/C16H18ClNO3/c17-10-6-4-9(5-7-10)13(8-14(19)20)18-16(21)15-11-2-1-3-12(11)15/h4-7,11-13,15H,1-3,8H2,(H,18,21)(H,19,20)/t11?,12?,13-,15?/m0/s1. The molecular formula is C16H18ClNO3. The Morgan fingerprint density at radius 1 is 1.24 bits per heavy atom. The molecule has 112 valence electrons. The van der Waals surface area contributed by atoms with E-state index in [4.69, 9.17) is 16.7 Å². The Balaban J connectivity index is 1.69. The maximum absolute atomic E-state index is 12.3. The van der Waals surface area contributed by atoms with Crippen LogP contribution >= 0.6 is 11.6 Å². The summed E-state index contributed by atoms with van der Waals surface area (Å²) in [6, 6.07) is 6.47. The fourth-order valence-electron chi connectivity index (χ4n) is 3.60. The molecule has 3 rings (SSSR count). The molecule has 3 atom stereocenters. The summed E-state index contributed by atoms with van der Waals surface area (Å²) in [5.41, 5.74) is 0.779. The van der Waals surface area contributed by atoms with Crippen LogP contribution in [0.4, 0.5) is 0 Å². The molecule has 4 nitrogen and oxygen atoms in total. The molecule has 1 aromatic carbocycles. The van der Waals surface area contributed by atoms with Crippen molar-refractivity contribution in [3.63, 3.8) is 0 Å². The summed E-state index contributed by atoms with van der Waals surface area (Å²) in [6.07, 6.45) is 3.37. The number of rotatable bonds is 5. The van der Waals surface area contributed by atoms with Crippen LogP contribution in [0.25, 0.3) is 0 Å². The van der Waals surface area contributed by atoms with Gasteiger partial charge in [-0.1, -0.05) is 30.2 Å². The van der Waals surface area contributed by atoms with Gasteiger partial charge in [0.05, 0.1) is 12.5 Å². The summed E-state index contributed by atoms with van der Waals surface area (Å²) in [6.45, 7) is 0. The van der Waals surface area contributed by atoms with Crippen LogP contribution < -0.4 is 5.32 Å². The molecule has 0 saturated heterocycles. The first-order valence-corrected chi connectivity index (χ1v) is 7.71. The number of aliphatic carboxylic acids is 1. The van der Waals surface area contributed by atoms with E-state index in [1.807, 2.05) is 0 Å². The minimum absolute atomic E-state index is 0.00546. The molecule has 0 radical (unpaired) electrons. The van der Waals surface area contributed by atoms with Gasteiger partial charge in [0, 0.05) is 10.9 Å². The zero-order chi connectivity index (χ0) is 15.0. The van der Waals surface area contributed by atoms with Crippen molar-refractivity contribution in [1.82, 2.24) is 5.32 Å². The average Bonchev–Trinajstić information content (AvgIpc) is 2.92. The second-order valence-corrected chi connectivity index (χ2v) is 6.43. The highest BCUT2D eigenvalue weighted by Gasteiger charge is 2.56. The lowest BCUT2D eigenvalue weighted by molar-refractivity contribution is -0.137. The van der Waals surface area contributed by atoms with Crippen molar-refractivity contribution in [3.05, 3.63) is 34.9 Å². The van der Waals surface area contributed by atoms with Crippen molar-refractivity contribution in [1.29, 1.82) is 0 Å². The molecule has 0 bridgehead atoms. The average molecular weight is 308 g/mol. The zero-order valence-electron chi connectivity index (χ0n) is 11.6. The first kappa shape index (κ1) is 14.4. The van der Waals surface area contributed by atoms with E-state index in [0.717, 1.165) is 18.4 Å². The molecule has 5 heteroatoms. The summed E-state index contributed by atoms with van der Waals surface area (Å²) in [4.78, 5) is 23.4. The number of hydrogen-bond acceptors (Lipinski definition) is 2. The number of carbonyl (C=O) groups excluding carboxylic acids is 1. The first-order chi connectivity index (χ1) is 10.1. The molecule has 2 fully saturated rings. The van der Waals surface area contributed by atoms with Crippen molar-refractivity contribution in [2.24, 2.45) is 17.8 Å². The van der Waals surface area contributed by atoms with Crippen LogP contribution in [0.3, 0.4) is 0 Å². The first-order valence-electron chi connectivity index (χ1n) is 7.34. The molecule has 1 aromatic rings. The highest BCUT2D eigenvalue weighted by molar-refractivity contribution is 6.30. The molecule has 2 N–H and O–H groups in total. The van der Waals surface area contributed by atoms with E-state index < -0.39 is 12.0 Å². The van der Waals surface area contributed by atoms with Crippen molar-refractivity contribution in [3.8, 4) is 0 Å². The van der Waals surface area contributed by atoms with E-state index >= 15 is 0 Å². The Labute approximate surface area is 128 Å². The molecule has 2 aliphatic rings. The Kier molecular flexibility index (Phi) is 3.89. The van der Waals surface area contributed by atoms with Gasteiger partial charge in [-0.3, -0.25) is 9.59 Å². The maximum Gasteiger partial charge on any atom is 0.305 e. The largest absolute Gasteiger partial charge is 0.481 e. The van der Waals surface area contributed by atoms with Gasteiger partial charge in [-0.05, 0) is 42.4 Å². The lowest BCUT2D eigenvalue weighted by Gasteiger charge is -2.18. The van der Waals surface area contributed by atoms with Crippen molar-refractivity contribution in [2.75, 3.05) is 0 Å². The number of nitrogens with one attached hydrogen (secondary N) is 1. The van der Waals surface area contributed by atoms with E-state index in [1.54, 1.807) is 24.3 Å². The van der Waals surface area contributed by atoms with Crippen molar-refractivity contribution in [2.45, 2.75) is 31.7 Å². The van der Waals surface area contributed by atoms with Gasteiger partial charge >= 0.3 is 5.97 Å². The predicted octanol–water partition coefficient (Wildman–Crippen LogP) is 3.02. The normalized spacial score (nSPS) is 27.8. The van der Waals surface area contributed by atoms with Gasteiger partial charge in [0.2, 0.25) is 5.91 Å².